The fourth-order valence-corrected chi connectivity index (χ4v) is 2.37. The largest absolute Gasteiger partial charge is 0.497 e. The maximum absolute atomic E-state index is 14.0. The van der Waals surface area contributed by atoms with Crippen molar-refractivity contribution >= 4 is 17.6 Å². The zero-order valence-electron chi connectivity index (χ0n) is 14.5. The minimum Gasteiger partial charge on any atom is -0.497 e. The Morgan fingerprint density at radius 3 is 2.36 bits per heavy atom. The van der Waals surface area contributed by atoms with Crippen molar-refractivity contribution in [1.82, 2.24) is 0 Å². The molecule has 0 saturated heterocycles. The monoisotopic (exact) mass is 344 g/mol. The Hall–Kier alpha value is -2.82. The lowest BCUT2D eigenvalue weighted by Gasteiger charge is -2.10. The summed E-state index contributed by atoms with van der Waals surface area (Å²) < 4.78 is 29.2. The first-order valence-corrected chi connectivity index (χ1v) is 7.91. The van der Waals surface area contributed by atoms with Gasteiger partial charge >= 0.3 is 5.97 Å². The van der Waals surface area contributed by atoms with Crippen molar-refractivity contribution in [3.63, 3.8) is 0 Å². The van der Waals surface area contributed by atoms with Gasteiger partial charge in [-0.25, -0.2) is 4.39 Å². The van der Waals surface area contributed by atoms with Crippen LogP contribution in [-0.2, 0) is 9.53 Å². The zero-order valence-corrected chi connectivity index (χ0v) is 14.5. The van der Waals surface area contributed by atoms with E-state index in [0.717, 1.165) is 11.3 Å². The number of hydrogen-bond donors (Lipinski definition) is 0. The second-order valence-corrected chi connectivity index (χ2v) is 5.27. The molecule has 2 aromatic carbocycles. The second-order valence-electron chi connectivity index (χ2n) is 5.27. The minimum atomic E-state index is -0.482. The van der Waals surface area contributed by atoms with Crippen molar-refractivity contribution in [1.29, 1.82) is 0 Å². The van der Waals surface area contributed by atoms with E-state index in [2.05, 4.69) is 0 Å². The molecule has 0 radical (unpaired) electrons. The van der Waals surface area contributed by atoms with E-state index in [4.69, 9.17) is 14.2 Å². The third kappa shape index (κ3) is 5.08. The highest BCUT2D eigenvalue weighted by Crippen LogP contribution is 2.27. The lowest BCUT2D eigenvalue weighted by molar-refractivity contribution is -0.141. The predicted molar refractivity (Wildman–Crippen MR) is 95.1 cm³/mol. The van der Waals surface area contributed by atoms with Gasteiger partial charge in [0, 0.05) is 0 Å². The molecule has 0 spiro atoms. The van der Waals surface area contributed by atoms with Gasteiger partial charge < -0.3 is 14.2 Å². The molecule has 4 nitrogen and oxygen atoms in total. The number of methoxy groups -OCH3 is 2. The van der Waals surface area contributed by atoms with Crippen LogP contribution in [0.5, 0.6) is 11.5 Å². The smallest absolute Gasteiger partial charge is 0.310 e. The van der Waals surface area contributed by atoms with Crippen LogP contribution >= 0.6 is 0 Å². The molecule has 2 aromatic rings. The van der Waals surface area contributed by atoms with Crippen LogP contribution in [-0.4, -0.2) is 26.8 Å². The van der Waals surface area contributed by atoms with Gasteiger partial charge in [0.05, 0.1) is 27.2 Å². The molecule has 0 heterocycles. The molecular weight excluding hydrogens is 323 g/mol. The number of carbonyl (C=O) groups is 1. The Balaban J connectivity index is 2.39. The normalized spacial score (nSPS) is 11.1. The Kier molecular flexibility index (Phi) is 6.57. The van der Waals surface area contributed by atoms with Crippen LogP contribution in [0.1, 0.15) is 24.5 Å². The summed E-state index contributed by atoms with van der Waals surface area (Å²) in [4.78, 5) is 11.9. The zero-order chi connectivity index (χ0) is 18.2. The summed E-state index contributed by atoms with van der Waals surface area (Å²) in [6.07, 6.45) is 1.88. The molecule has 2 rings (SSSR count). The van der Waals surface area contributed by atoms with E-state index >= 15 is 0 Å². The number of hydrogen-bond acceptors (Lipinski definition) is 4. The van der Waals surface area contributed by atoms with Gasteiger partial charge in [0.15, 0.2) is 11.6 Å². The summed E-state index contributed by atoms with van der Waals surface area (Å²) in [7, 11) is 3.00. The van der Waals surface area contributed by atoms with E-state index in [0.29, 0.717) is 17.7 Å². The van der Waals surface area contributed by atoms with Crippen molar-refractivity contribution < 1.29 is 23.4 Å². The van der Waals surface area contributed by atoms with Gasteiger partial charge in [0.2, 0.25) is 0 Å². The van der Waals surface area contributed by atoms with Crippen molar-refractivity contribution in [2.45, 2.75) is 13.3 Å². The van der Waals surface area contributed by atoms with Crippen LogP contribution in [0.4, 0.5) is 4.39 Å². The van der Waals surface area contributed by atoms with Gasteiger partial charge in [0.1, 0.15) is 5.75 Å². The van der Waals surface area contributed by atoms with Gasteiger partial charge in [-0.2, -0.15) is 0 Å². The summed E-state index contributed by atoms with van der Waals surface area (Å²) in [5.74, 6) is 0.0474. The molecule has 0 fully saturated rings. The van der Waals surface area contributed by atoms with E-state index in [9.17, 15) is 9.18 Å². The quantitative estimate of drug-likeness (QED) is 0.554. The molecule has 0 aromatic heterocycles. The molecule has 0 atom stereocenters. The van der Waals surface area contributed by atoms with Crippen LogP contribution in [0.15, 0.2) is 42.5 Å². The fourth-order valence-electron chi connectivity index (χ4n) is 2.37. The average molecular weight is 344 g/mol. The number of rotatable bonds is 7. The van der Waals surface area contributed by atoms with E-state index in [-0.39, 0.29) is 18.1 Å². The van der Waals surface area contributed by atoms with Crippen molar-refractivity contribution in [3.05, 3.63) is 59.4 Å². The third-order valence-electron chi connectivity index (χ3n) is 3.62. The Labute approximate surface area is 146 Å². The molecular formula is C20H21FO4. The molecule has 0 aliphatic rings. The van der Waals surface area contributed by atoms with Gasteiger partial charge in [-0.1, -0.05) is 24.3 Å². The number of halogens is 1. The molecule has 0 saturated carbocycles. The summed E-state index contributed by atoms with van der Waals surface area (Å²) >= 11 is 0. The van der Waals surface area contributed by atoms with Crippen molar-refractivity contribution in [2.75, 3.05) is 20.8 Å². The average Bonchev–Trinajstić information content (AvgIpc) is 2.62. The predicted octanol–water partition coefficient (Wildman–Crippen LogP) is 4.34. The Morgan fingerprint density at radius 2 is 1.80 bits per heavy atom. The molecule has 132 valence electrons. The first-order chi connectivity index (χ1) is 12.1. The topological polar surface area (TPSA) is 44.8 Å². The summed E-state index contributed by atoms with van der Waals surface area (Å²) in [5.41, 5.74) is 2.13. The van der Waals surface area contributed by atoms with E-state index in [1.165, 1.54) is 19.2 Å². The van der Waals surface area contributed by atoms with Crippen molar-refractivity contribution in [2.24, 2.45) is 0 Å². The van der Waals surface area contributed by atoms with Gasteiger partial charge in [-0.05, 0) is 47.9 Å². The van der Waals surface area contributed by atoms with Crippen LogP contribution < -0.4 is 9.47 Å². The Morgan fingerprint density at radius 1 is 1.08 bits per heavy atom. The lowest BCUT2D eigenvalue weighted by atomic mass is 9.99. The van der Waals surface area contributed by atoms with E-state index in [1.807, 2.05) is 30.3 Å². The summed E-state index contributed by atoms with van der Waals surface area (Å²) in [5, 5.41) is 0. The van der Waals surface area contributed by atoms with Gasteiger partial charge in [-0.3, -0.25) is 4.79 Å². The third-order valence-corrected chi connectivity index (χ3v) is 3.62. The van der Waals surface area contributed by atoms with Gasteiger partial charge in [0.25, 0.3) is 0 Å². The number of carbonyl (C=O) groups excluding carboxylic acids is 1. The first-order valence-electron chi connectivity index (χ1n) is 7.91. The molecule has 0 unspecified atom stereocenters. The van der Waals surface area contributed by atoms with Gasteiger partial charge in [-0.15, -0.1) is 0 Å². The van der Waals surface area contributed by atoms with Crippen LogP contribution in [0.25, 0.3) is 11.6 Å². The molecule has 0 aliphatic carbocycles. The molecule has 5 heteroatoms. The maximum Gasteiger partial charge on any atom is 0.310 e. The molecule has 0 amide bonds. The molecule has 0 aliphatic heterocycles. The second kappa shape index (κ2) is 8.87. The fraction of sp³-hybridized carbons (Fsp3) is 0.250. The summed E-state index contributed by atoms with van der Waals surface area (Å²) in [6, 6.07) is 12.0. The Bertz CT molecular complexity index is 751. The lowest BCUT2D eigenvalue weighted by Crippen LogP contribution is -2.05. The highest BCUT2D eigenvalue weighted by Gasteiger charge is 2.12. The van der Waals surface area contributed by atoms with E-state index in [1.54, 1.807) is 20.1 Å². The molecule has 25 heavy (non-hydrogen) atoms. The molecule has 0 N–H and O–H groups in total. The highest BCUT2D eigenvalue weighted by atomic mass is 19.1. The van der Waals surface area contributed by atoms with E-state index < -0.39 is 5.82 Å². The SMILES string of the molecule is CCOC(=O)C/C(=C\c1ccc(OC)cc1)c1ccc(OC)c(F)c1. The van der Waals surface area contributed by atoms with Crippen LogP contribution in [0.2, 0.25) is 0 Å². The number of esters is 1. The van der Waals surface area contributed by atoms with Crippen LogP contribution in [0.3, 0.4) is 0 Å². The maximum atomic E-state index is 14.0. The summed E-state index contributed by atoms with van der Waals surface area (Å²) in [6.45, 7) is 2.05. The number of benzene rings is 2. The standard InChI is InChI=1S/C20H21FO4/c1-4-25-20(22)13-16(11-14-5-8-17(23-2)9-6-14)15-7-10-19(24-3)18(21)12-15/h5-12H,4,13H2,1-3H3/b16-11+. The first kappa shape index (κ1) is 18.5. The highest BCUT2D eigenvalue weighted by molar-refractivity contribution is 5.92. The molecule has 0 bridgehead atoms. The number of ether oxygens (including phenoxy) is 3. The van der Waals surface area contributed by atoms with Crippen molar-refractivity contribution in [3.8, 4) is 11.5 Å². The minimum absolute atomic E-state index is 0.0473. The van der Waals surface area contributed by atoms with Crippen LogP contribution in [0, 0.1) is 5.82 Å².